The largest absolute Gasteiger partial charge is 0.508 e. The Morgan fingerprint density at radius 1 is 1.29 bits per heavy atom. The zero-order valence-electron chi connectivity index (χ0n) is 11.9. The molecule has 1 aromatic heterocycles. The van der Waals surface area contributed by atoms with Gasteiger partial charge in [-0.3, -0.25) is 0 Å². The van der Waals surface area contributed by atoms with E-state index in [-0.39, 0.29) is 17.3 Å². The smallest absolute Gasteiger partial charge is 0.351 e. The fourth-order valence-electron chi connectivity index (χ4n) is 2.35. The summed E-state index contributed by atoms with van der Waals surface area (Å²) in [4.78, 5) is 22.7. The van der Waals surface area contributed by atoms with Gasteiger partial charge in [0.15, 0.2) is 0 Å². The highest BCUT2D eigenvalue weighted by Crippen LogP contribution is 2.35. The number of aliphatic hydroxyl groups is 1. The zero-order valence-corrected chi connectivity index (χ0v) is 11.9. The maximum absolute atomic E-state index is 11.6. The summed E-state index contributed by atoms with van der Waals surface area (Å²) in [6.45, 7) is 5.00. The van der Waals surface area contributed by atoms with Gasteiger partial charge >= 0.3 is 11.6 Å². The summed E-state index contributed by atoms with van der Waals surface area (Å²) in [6.07, 6.45) is -0.714. The number of carboxylic acid groups (broad SMARTS) is 1. The van der Waals surface area contributed by atoms with E-state index in [2.05, 4.69) is 0 Å². The Hall–Kier alpha value is -2.34. The van der Waals surface area contributed by atoms with Crippen molar-refractivity contribution in [1.82, 2.24) is 0 Å². The van der Waals surface area contributed by atoms with E-state index in [0.29, 0.717) is 16.5 Å². The van der Waals surface area contributed by atoms with Gasteiger partial charge in [0.05, 0.1) is 6.10 Å². The number of phenolic OH excluding ortho intramolecular Hbond substituents is 1. The topological polar surface area (TPSA) is 108 Å². The number of rotatable bonds is 3. The highest BCUT2D eigenvalue weighted by molar-refractivity contribution is 5.93. The second-order valence-corrected chi connectivity index (χ2v) is 5.13. The van der Waals surface area contributed by atoms with Gasteiger partial charge in [-0.2, -0.15) is 0 Å². The van der Waals surface area contributed by atoms with Crippen molar-refractivity contribution in [3.8, 4) is 5.75 Å². The SMILES string of the molecule is Cc1c(O)cc2oc(=O)c(C(=O)O)cc2c1[C@H](C)[C@@H](C)O. The van der Waals surface area contributed by atoms with Crippen LogP contribution in [0.25, 0.3) is 11.0 Å². The molecule has 112 valence electrons. The van der Waals surface area contributed by atoms with E-state index in [4.69, 9.17) is 9.52 Å². The van der Waals surface area contributed by atoms with Crippen LogP contribution in [0.15, 0.2) is 21.3 Å². The number of phenols is 1. The first-order valence-corrected chi connectivity index (χ1v) is 6.45. The second kappa shape index (κ2) is 5.21. The number of hydrogen-bond donors (Lipinski definition) is 3. The molecule has 1 heterocycles. The average molecular weight is 292 g/mol. The van der Waals surface area contributed by atoms with Crippen LogP contribution in [0.3, 0.4) is 0 Å². The molecule has 1 aromatic carbocycles. The zero-order chi connectivity index (χ0) is 15.9. The normalized spacial score (nSPS) is 14.1. The summed E-state index contributed by atoms with van der Waals surface area (Å²) in [5.41, 5.74) is -0.288. The molecule has 2 rings (SSSR count). The van der Waals surface area contributed by atoms with Gasteiger partial charge in [-0.05, 0) is 31.0 Å². The van der Waals surface area contributed by atoms with E-state index in [1.165, 1.54) is 12.1 Å². The molecule has 2 atom stereocenters. The van der Waals surface area contributed by atoms with Crippen LogP contribution in [0.2, 0.25) is 0 Å². The van der Waals surface area contributed by atoms with Crippen LogP contribution < -0.4 is 5.63 Å². The molecule has 6 nitrogen and oxygen atoms in total. The summed E-state index contributed by atoms with van der Waals surface area (Å²) in [5, 5.41) is 29.2. The average Bonchev–Trinajstić information content (AvgIpc) is 2.39. The molecular weight excluding hydrogens is 276 g/mol. The van der Waals surface area contributed by atoms with Gasteiger partial charge in [0.1, 0.15) is 16.9 Å². The van der Waals surface area contributed by atoms with Crippen LogP contribution in [0.1, 0.15) is 41.3 Å². The first kappa shape index (κ1) is 15.1. The highest BCUT2D eigenvalue weighted by Gasteiger charge is 2.22. The first-order chi connectivity index (χ1) is 9.73. The maximum atomic E-state index is 11.6. The third-order valence-electron chi connectivity index (χ3n) is 3.73. The Morgan fingerprint density at radius 3 is 2.43 bits per heavy atom. The van der Waals surface area contributed by atoms with Crippen molar-refractivity contribution in [3.05, 3.63) is 39.2 Å². The van der Waals surface area contributed by atoms with Gasteiger partial charge < -0.3 is 19.7 Å². The molecule has 6 heteroatoms. The van der Waals surface area contributed by atoms with Crippen molar-refractivity contribution in [2.75, 3.05) is 0 Å². The minimum atomic E-state index is -1.38. The van der Waals surface area contributed by atoms with Gasteiger partial charge in [-0.1, -0.05) is 6.92 Å². The molecule has 0 radical (unpaired) electrons. The number of hydrogen-bond acceptors (Lipinski definition) is 5. The molecule has 21 heavy (non-hydrogen) atoms. The Kier molecular flexibility index (Phi) is 3.74. The molecule has 0 spiro atoms. The lowest BCUT2D eigenvalue weighted by Gasteiger charge is -2.20. The summed E-state index contributed by atoms with van der Waals surface area (Å²) in [5.74, 6) is -1.82. The molecule has 0 unspecified atom stereocenters. The van der Waals surface area contributed by atoms with Gasteiger partial charge in [0, 0.05) is 17.4 Å². The number of carboxylic acids is 1. The lowest BCUT2D eigenvalue weighted by atomic mass is 9.88. The van der Waals surface area contributed by atoms with Crippen molar-refractivity contribution in [2.45, 2.75) is 32.8 Å². The second-order valence-electron chi connectivity index (χ2n) is 5.13. The van der Waals surface area contributed by atoms with Crippen LogP contribution in [-0.4, -0.2) is 27.4 Å². The summed E-state index contributed by atoms with van der Waals surface area (Å²) >= 11 is 0. The Bertz CT molecular complexity index is 772. The molecule has 2 aromatic rings. The Morgan fingerprint density at radius 2 is 1.90 bits per heavy atom. The fraction of sp³-hybridized carbons (Fsp3) is 0.333. The van der Waals surface area contributed by atoms with Crippen LogP contribution in [0.5, 0.6) is 5.75 Å². The van der Waals surface area contributed by atoms with E-state index < -0.39 is 23.3 Å². The summed E-state index contributed by atoms with van der Waals surface area (Å²) in [6, 6.07) is 2.50. The molecule has 0 aliphatic heterocycles. The van der Waals surface area contributed by atoms with Crippen LogP contribution >= 0.6 is 0 Å². The van der Waals surface area contributed by atoms with Crippen LogP contribution in [0.4, 0.5) is 0 Å². The van der Waals surface area contributed by atoms with E-state index in [1.54, 1.807) is 20.8 Å². The quantitative estimate of drug-likeness (QED) is 0.747. The first-order valence-electron chi connectivity index (χ1n) is 6.45. The van der Waals surface area contributed by atoms with Crippen molar-refractivity contribution in [2.24, 2.45) is 0 Å². The van der Waals surface area contributed by atoms with Crippen molar-refractivity contribution in [3.63, 3.8) is 0 Å². The number of aromatic carboxylic acids is 1. The van der Waals surface area contributed by atoms with Crippen molar-refractivity contribution in [1.29, 1.82) is 0 Å². The monoisotopic (exact) mass is 292 g/mol. The predicted octanol–water partition coefficient (Wildman–Crippen LogP) is 1.99. The van der Waals surface area contributed by atoms with E-state index in [9.17, 15) is 19.8 Å². The van der Waals surface area contributed by atoms with E-state index in [1.807, 2.05) is 0 Å². The minimum absolute atomic E-state index is 0.0729. The number of aliphatic hydroxyl groups excluding tert-OH is 1. The number of carbonyl (C=O) groups is 1. The van der Waals surface area contributed by atoms with Crippen LogP contribution in [0, 0.1) is 6.92 Å². The standard InChI is InChI=1S/C15H16O6/c1-6(8(3)16)13-7(2)11(17)5-12-9(13)4-10(14(18)19)15(20)21-12/h4-6,8,16-17H,1-3H3,(H,18,19)/t6-,8-/m1/s1. The molecule has 0 bridgehead atoms. The summed E-state index contributed by atoms with van der Waals surface area (Å²) < 4.78 is 4.98. The summed E-state index contributed by atoms with van der Waals surface area (Å²) in [7, 11) is 0. The third-order valence-corrected chi connectivity index (χ3v) is 3.73. The maximum Gasteiger partial charge on any atom is 0.351 e. The molecule has 0 amide bonds. The highest BCUT2D eigenvalue weighted by atomic mass is 16.4. The molecule has 0 fully saturated rings. The molecule has 0 saturated carbocycles. The minimum Gasteiger partial charge on any atom is -0.508 e. The lowest BCUT2D eigenvalue weighted by molar-refractivity contribution is 0.0692. The van der Waals surface area contributed by atoms with E-state index in [0.717, 1.165) is 0 Å². The van der Waals surface area contributed by atoms with Gasteiger partial charge in [0.2, 0.25) is 0 Å². The molecule has 0 saturated heterocycles. The third kappa shape index (κ3) is 2.50. The van der Waals surface area contributed by atoms with Crippen LogP contribution in [-0.2, 0) is 0 Å². The lowest BCUT2D eigenvalue weighted by Crippen LogP contribution is -2.16. The molecule has 3 N–H and O–H groups in total. The van der Waals surface area contributed by atoms with Gasteiger partial charge in [-0.25, -0.2) is 9.59 Å². The number of aromatic hydroxyl groups is 1. The molecule has 0 aliphatic rings. The predicted molar refractivity (Wildman–Crippen MR) is 75.9 cm³/mol. The van der Waals surface area contributed by atoms with Crippen molar-refractivity contribution >= 4 is 16.9 Å². The van der Waals surface area contributed by atoms with Gasteiger partial charge in [-0.15, -0.1) is 0 Å². The number of benzene rings is 1. The Balaban J connectivity index is 2.93. The molecule has 0 aliphatic carbocycles. The molecular formula is C15H16O6. The van der Waals surface area contributed by atoms with Crippen molar-refractivity contribution < 1.29 is 24.5 Å². The van der Waals surface area contributed by atoms with E-state index >= 15 is 0 Å². The fourth-order valence-corrected chi connectivity index (χ4v) is 2.35. The number of fused-ring (bicyclic) bond motifs is 1. The van der Waals surface area contributed by atoms with Gasteiger partial charge in [0.25, 0.3) is 0 Å². The Labute approximate surface area is 120 Å².